The van der Waals surface area contributed by atoms with Gasteiger partial charge in [-0.1, -0.05) is 12.1 Å². The first-order chi connectivity index (χ1) is 9.50. The van der Waals surface area contributed by atoms with Gasteiger partial charge in [-0.3, -0.25) is 9.59 Å². The summed E-state index contributed by atoms with van der Waals surface area (Å²) >= 11 is 2.91. The van der Waals surface area contributed by atoms with E-state index in [4.69, 9.17) is 0 Å². The number of anilines is 1. The first-order valence-electron chi connectivity index (χ1n) is 5.63. The number of fused-ring (bicyclic) bond motifs is 1. The van der Waals surface area contributed by atoms with Crippen molar-refractivity contribution in [1.29, 1.82) is 0 Å². The fourth-order valence-electron chi connectivity index (χ4n) is 2.09. The highest BCUT2D eigenvalue weighted by atomic mass is 79.9. The van der Waals surface area contributed by atoms with Crippen LogP contribution in [0.3, 0.4) is 0 Å². The Morgan fingerprint density at radius 3 is 2.00 bits per heavy atom. The van der Waals surface area contributed by atoms with Crippen molar-refractivity contribution in [2.75, 3.05) is 4.90 Å². The third-order valence-electron chi connectivity index (χ3n) is 3.02. The van der Waals surface area contributed by atoms with Crippen molar-refractivity contribution >= 4 is 33.4 Å². The van der Waals surface area contributed by atoms with Gasteiger partial charge in [-0.25, -0.2) is 13.7 Å². The summed E-state index contributed by atoms with van der Waals surface area (Å²) < 4.78 is 27.1. The molecule has 2 amide bonds. The molecular weight excluding hydrogens is 332 g/mol. The fraction of sp³-hybridized carbons (Fsp3) is 0. The summed E-state index contributed by atoms with van der Waals surface area (Å²) in [7, 11) is 0. The van der Waals surface area contributed by atoms with E-state index in [1.54, 1.807) is 12.1 Å². The molecule has 0 aliphatic carbocycles. The second-order valence-corrected chi connectivity index (χ2v) is 5.06. The van der Waals surface area contributed by atoms with E-state index in [9.17, 15) is 18.4 Å². The number of imide groups is 1. The zero-order valence-electron chi connectivity index (χ0n) is 9.86. The van der Waals surface area contributed by atoms with Crippen LogP contribution in [0.2, 0.25) is 0 Å². The van der Waals surface area contributed by atoms with Crippen LogP contribution in [0.1, 0.15) is 20.7 Å². The van der Waals surface area contributed by atoms with Gasteiger partial charge in [0.15, 0.2) is 0 Å². The van der Waals surface area contributed by atoms with Gasteiger partial charge in [-0.05, 0) is 34.1 Å². The summed E-state index contributed by atoms with van der Waals surface area (Å²) in [5.74, 6) is -3.02. The monoisotopic (exact) mass is 337 g/mol. The first-order valence-corrected chi connectivity index (χ1v) is 6.42. The highest BCUT2D eigenvalue weighted by Gasteiger charge is 2.37. The van der Waals surface area contributed by atoms with Crippen LogP contribution in [0.15, 0.2) is 40.9 Å². The lowest BCUT2D eigenvalue weighted by Crippen LogP contribution is -2.30. The maximum atomic E-state index is 13.8. The Hall–Kier alpha value is -2.08. The van der Waals surface area contributed by atoms with Gasteiger partial charge < -0.3 is 0 Å². The minimum absolute atomic E-state index is 0.0227. The average Bonchev–Trinajstić information content (AvgIpc) is 2.68. The van der Waals surface area contributed by atoms with E-state index in [1.807, 2.05) is 0 Å². The van der Waals surface area contributed by atoms with Crippen molar-refractivity contribution < 1.29 is 18.4 Å². The lowest BCUT2D eigenvalue weighted by atomic mass is 10.1. The molecule has 0 aromatic heterocycles. The van der Waals surface area contributed by atoms with E-state index in [2.05, 4.69) is 15.9 Å². The van der Waals surface area contributed by atoms with Crippen LogP contribution >= 0.6 is 15.9 Å². The summed E-state index contributed by atoms with van der Waals surface area (Å²) in [5, 5.41) is 0. The minimum Gasteiger partial charge on any atom is -0.268 e. The maximum Gasteiger partial charge on any atom is 0.266 e. The van der Waals surface area contributed by atoms with Crippen LogP contribution in [0.5, 0.6) is 0 Å². The molecule has 3 nitrogen and oxygen atoms in total. The van der Waals surface area contributed by atoms with Crippen molar-refractivity contribution in [3.8, 4) is 0 Å². The van der Waals surface area contributed by atoms with Crippen LogP contribution in [-0.4, -0.2) is 11.8 Å². The van der Waals surface area contributed by atoms with Crippen LogP contribution in [0, 0.1) is 11.6 Å². The van der Waals surface area contributed by atoms with E-state index in [-0.39, 0.29) is 21.3 Å². The number of hydrogen-bond acceptors (Lipinski definition) is 2. The first kappa shape index (κ1) is 12.9. The number of carbonyl (C=O) groups is 2. The third kappa shape index (κ3) is 1.76. The Morgan fingerprint density at radius 1 is 0.900 bits per heavy atom. The van der Waals surface area contributed by atoms with E-state index in [0.717, 1.165) is 6.07 Å². The van der Waals surface area contributed by atoms with Crippen molar-refractivity contribution in [3.05, 3.63) is 63.6 Å². The smallest absolute Gasteiger partial charge is 0.266 e. The quantitative estimate of drug-likeness (QED) is 0.589. The van der Waals surface area contributed by atoms with Gasteiger partial charge in [0, 0.05) is 6.07 Å². The van der Waals surface area contributed by atoms with Crippen molar-refractivity contribution in [2.45, 2.75) is 0 Å². The number of benzene rings is 2. The molecule has 0 atom stereocenters. The largest absolute Gasteiger partial charge is 0.268 e. The Labute approximate surface area is 120 Å². The predicted octanol–water partition coefficient (Wildman–Crippen LogP) is 3.53. The number of halogens is 3. The Morgan fingerprint density at radius 2 is 1.45 bits per heavy atom. The molecule has 0 saturated carbocycles. The summed E-state index contributed by atoms with van der Waals surface area (Å²) in [6.45, 7) is 0. The molecule has 0 radical (unpaired) electrons. The number of amides is 2. The molecule has 3 rings (SSSR count). The second-order valence-electron chi connectivity index (χ2n) is 4.21. The molecule has 100 valence electrons. The summed E-state index contributed by atoms with van der Waals surface area (Å²) in [6, 6.07) is 7.92. The van der Waals surface area contributed by atoms with Gasteiger partial charge in [0.1, 0.15) is 11.6 Å². The molecule has 0 unspecified atom stereocenters. The summed E-state index contributed by atoms with van der Waals surface area (Å²) in [4.78, 5) is 25.1. The Kier molecular flexibility index (Phi) is 2.90. The van der Waals surface area contributed by atoms with Crippen LogP contribution in [0.4, 0.5) is 14.5 Å². The average molecular weight is 338 g/mol. The molecule has 1 aliphatic heterocycles. The molecule has 2 aromatic carbocycles. The number of rotatable bonds is 1. The minimum atomic E-state index is -0.972. The second kappa shape index (κ2) is 4.49. The summed E-state index contributed by atoms with van der Waals surface area (Å²) in [5.41, 5.74) is 0.138. The zero-order chi connectivity index (χ0) is 14.4. The lowest BCUT2D eigenvalue weighted by Gasteiger charge is -2.15. The fourth-order valence-corrected chi connectivity index (χ4v) is 2.42. The number of hydrogen-bond donors (Lipinski definition) is 0. The SMILES string of the molecule is O=C1c2ccccc2C(=O)N1c1cc(Br)c(F)cc1F. The van der Waals surface area contributed by atoms with Crippen molar-refractivity contribution in [1.82, 2.24) is 0 Å². The molecule has 0 spiro atoms. The molecule has 0 fully saturated rings. The van der Waals surface area contributed by atoms with Gasteiger partial charge in [0.2, 0.25) is 0 Å². The van der Waals surface area contributed by atoms with E-state index >= 15 is 0 Å². The zero-order valence-corrected chi connectivity index (χ0v) is 11.4. The van der Waals surface area contributed by atoms with Crippen LogP contribution < -0.4 is 4.90 Å². The normalized spacial score (nSPS) is 13.8. The van der Waals surface area contributed by atoms with Crippen LogP contribution in [-0.2, 0) is 0 Å². The molecule has 0 N–H and O–H groups in total. The third-order valence-corrected chi connectivity index (χ3v) is 3.63. The van der Waals surface area contributed by atoms with Gasteiger partial charge in [0.05, 0.1) is 21.3 Å². The van der Waals surface area contributed by atoms with E-state index in [1.165, 1.54) is 12.1 Å². The molecule has 20 heavy (non-hydrogen) atoms. The van der Waals surface area contributed by atoms with Crippen molar-refractivity contribution in [2.24, 2.45) is 0 Å². The van der Waals surface area contributed by atoms with Gasteiger partial charge in [-0.15, -0.1) is 0 Å². The Bertz CT molecular complexity index is 726. The molecule has 1 aliphatic rings. The van der Waals surface area contributed by atoms with Gasteiger partial charge >= 0.3 is 0 Å². The molecule has 0 saturated heterocycles. The molecular formula is C14H6BrF2NO2. The molecule has 6 heteroatoms. The van der Waals surface area contributed by atoms with Crippen LogP contribution in [0.25, 0.3) is 0 Å². The molecule has 0 bridgehead atoms. The van der Waals surface area contributed by atoms with E-state index in [0.29, 0.717) is 11.0 Å². The Balaban J connectivity index is 2.17. The van der Waals surface area contributed by atoms with E-state index < -0.39 is 23.4 Å². The highest BCUT2D eigenvalue weighted by molar-refractivity contribution is 9.10. The van der Waals surface area contributed by atoms with Crippen molar-refractivity contribution in [3.63, 3.8) is 0 Å². The predicted molar refractivity (Wildman–Crippen MR) is 71.6 cm³/mol. The molecule has 1 heterocycles. The number of carbonyl (C=O) groups excluding carboxylic acids is 2. The highest BCUT2D eigenvalue weighted by Crippen LogP contribution is 2.32. The molecule has 2 aromatic rings. The maximum absolute atomic E-state index is 13.8. The number of nitrogens with zero attached hydrogens (tertiary/aromatic N) is 1. The summed E-state index contributed by atoms with van der Waals surface area (Å²) in [6.07, 6.45) is 0. The van der Waals surface area contributed by atoms with Gasteiger partial charge in [-0.2, -0.15) is 0 Å². The lowest BCUT2D eigenvalue weighted by molar-refractivity contribution is 0.0924. The standard InChI is InChI=1S/C14H6BrF2NO2/c15-9-5-12(11(17)6-10(9)16)18-13(19)7-3-1-2-4-8(7)14(18)20/h1-6H. The van der Waals surface area contributed by atoms with Gasteiger partial charge in [0.25, 0.3) is 11.8 Å². The topological polar surface area (TPSA) is 37.4 Å².